The van der Waals surface area contributed by atoms with E-state index in [9.17, 15) is 31.5 Å². The van der Waals surface area contributed by atoms with Crippen molar-refractivity contribution >= 4 is 33.0 Å². The monoisotopic (exact) mass is 465 g/mol. The van der Waals surface area contributed by atoms with E-state index in [-0.39, 0.29) is 20.5 Å². The lowest BCUT2D eigenvalue weighted by atomic mass is 10.1. The van der Waals surface area contributed by atoms with Gasteiger partial charge >= 0.3 is 6.18 Å². The van der Waals surface area contributed by atoms with Crippen molar-refractivity contribution in [2.75, 3.05) is 11.9 Å². The van der Waals surface area contributed by atoms with Gasteiger partial charge in [0.1, 0.15) is 5.75 Å². The maximum atomic E-state index is 12.8. The summed E-state index contributed by atoms with van der Waals surface area (Å²) in [7, 11) is -3.98. The van der Waals surface area contributed by atoms with Gasteiger partial charge in [0, 0.05) is 0 Å². The Labute approximate surface area is 176 Å². The van der Waals surface area contributed by atoms with Crippen LogP contribution in [0.5, 0.6) is 5.75 Å². The number of hydrogen-bond acceptors (Lipinski definition) is 5. The van der Waals surface area contributed by atoms with Gasteiger partial charge in [-0.15, -0.1) is 0 Å². The number of carbonyl (C=O) groups excluding carboxylic acids is 1. The zero-order valence-corrected chi connectivity index (χ0v) is 17.5. The van der Waals surface area contributed by atoms with Crippen molar-refractivity contribution in [1.82, 2.24) is 0 Å². The molecule has 164 valence electrons. The van der Waals surface area contributed by atoms with E-state index in [4.69, 9.17) is 16.3 Å². The zero-order valence-electron chi connectivity index (χ0n) is 16.0. The minimum Gasteiger partial charge on any atom is -0.494 e. The maximum absolute atomic E-state index is 12.8. The van der Waals surface area contributed by atoms with Crippen molar-refractivity contribution in [3.63, 3.8) is 0 Å². The third-order valence-corrected chi connectivity index (χ3v) is 6.18. The molecule has 6 nitrogen and oxygen atoms in total. The van der Waals surface area contributed by atoms with Crippen molar-refractivity contribution in [3.05, 3.63) is 47.5 Å². The van der Waals surface area contributed by atoms with Crippen LogP contribution in [0, 0.1) is 0 Å². The van der Waals surface area contributed by atoms with Crippen LogP contribution >= 0.6 is 11.6 Å². The Morgan fingerprint density at radius 1 is 1.13 bits per heavy atom. The Morgan fingerprint density at radius 2 is 1.70 bits per heavy atom. The molecule has 0 bridgehead atoms. The third kappa shape index (κ3) is 5.05. The van der Waals surface area contributed by atoms with Crippen LogP contribution in [0.2, 0.25) is 5.02 Å². The summed E-state index contributed by atoms with van der Waals surface area (Å²) in [6, 6.07) is 8.82. The smallest absolute Gasteiger partial charge is 0.426 e. The van der Waals surface area contributed by atoms with Crippen LogP contribution in [0.1, 0.15) is 20.3 Å². The average Bonchev–Trinajstić information content (AvgIpc) is 2.67. The lowest BCUT2D eigenvalue weighted by Crippen LogP contribution is -2.52. The first-order chi connectivity index (χ1) is 13.8. The molecule has 0 aliphatic carbocycles. The quantitative estimate of drug-likeness (QED) is 0.639. The standard InChI is InChI=1S/C19H19ClF3NO5S/c1-3-10-29-12-4-6-13(7-5-12)30(27,28)14-8-9-16(15(20)11-14)24-17(25)18(2,26)19(21,22)23/h4-9,11,26H,3,10H2,1-2H3,(H,24,25). The minimum atomic E-state index is -5.21. The molecule has 1 amide bonds. The van der Waals surface area contributed by atoms with Gasteiger partial charge in [-0.25, -0.2) is 8.42 Å². The molecule has 1 unspecified atom stereocenters. The van der Waals surface area contributed by atoms with Crippen molar-refractivity contribution in [1.29, 1.82) is 0 Å². The lowest BCUT2D eigenvalue weighted by molar-refractivity contribution is -0.242. The molecule has 0 saturated heterocycles. The largest absolute Gasteiger partial charge is 0.494 e. The topological polar surface area (TPSA) is 92.7 Å². The number of amides is 1. The molecule has 0 aliphatic rings. The fourth-order valence-electron chi connectivity index (χ4n) is 2.21. The number of anilines is 1. The number of carbonyl (C=O) groups is 1. The summed E-state index contributed by atoms with van der Waals surface area (Å²) in [5.74, 6) is -1.25. The molecule has 2 aromatic rings. The van der Waals surface area contributed by atoms with Crippen LogP contribution in [0.25, 0.3) is 0 Å². The summed E-state index contributed by atoms with van der Waals surface area (Å²) in [4.78, 5) is 11.5. The molecule has 2 rings (SSSR count). The van der Waals surface area contributed by atoms with Gasteiger partial charge in [-0.3, -0.25) is 4.79 Å². The highest BCUT2D eigenvalue weighted by atomic mass is 35.5. The predicted octanol–water partition coefficient (Wildman–Crippen LogP) is 4.21. The number of hydrogen-bond donors (Lipinski definition) is 2. The number of halogens is 4. The zero-order chi connectivity index (χ0) is 22.7. The number of aliphatic hydroxyl groups is 1. The second kappa shape index (κ2) is 8.83. The SMILES string of the molecule is CCCOc1ccc(S(=O)(=O)c2ccc(NC(=O)C(C)(O)C(F)(F)F)c(Cl)c2)cc1. The Balaban J connectivity index is 2.26. The molecule has 0 aliphatic heterocycles. The number of benzene rings is 2. The van der Waals surface area contributed by atoms with Crippen molar-refractivity contribution in [3.8, 4) is 5.75 Å². The van der Waals surface area contributed by atoms with E-state index in [2.05, 4.69) is 0 Å². The summed E-state index contributed by atoms with van der Waals surface area (Å²) in [5.41, 5.74) is -3.93. The summed E-state index contributed by atoms with van der Waals surface area (Å²) < 4.78 is 69.2. The summed E-state index contributed by atoms with van der Waals surface area (Å²) >= 11 is 5.95. The lowest BCUT2D eigenvalue weighted by Gasteiger charge is -2.25. The molecule has 0 saturated carbocycles. The predicted molar refractivity (Wildman–Crippen MR) is 104 cm³/mol. The molecule has 2 N–H and O–H groups in total. The molecule has 0 aromatic heterocycles. The van der Waals surface area contributed by atoms with Gasteiger partial charge in [-0.2, -0.15) is 13.2 Å². The van der Waals surface area contributed by atoms with Crippen LogP contribution in [0.15, 0.2) is 52.3 Å². The Hall–Kier alpha value is -2.30. The maximum Gasteiger partial charge on any atom is 0.426 e. The van der Waals surface area contributed by atoms with Gasteiger partial charge in [0.25, 0.3) is 5.91 Å². The van der Waals surface area contributed by atoms with Crippen molar-refractivity contribution < 1.29 is 36.2 Å². The second-order valence-electron chi connectivity index (χ2n) is 6.49. The third-order valence-electron chi connectivity index (χ3n) is 4.10. The summed E-state index contributed by atoms with van der Waals surface area (Å²) in [5, 5.41) is 10.9. The van der Waals surface area contributed by atoms with E-state index in [1.165, 1.54) is 24.3 Å². The first-order valence-corrected chi connectivity index (χ1v) is 10.5. The molecule has 11 heteroatoms. The van der Waals surface area contributed by atoms with E-state index >= 15 is 0 Å². The average molecular weight is 466 g/mol. The molecular formula is C19H19ClF3NO5S. The van der Waals surface area contributed by atoms with E-state index < -0.39 is 27.5 Å². The minimum absolute atomic E-state index is 0.0424. The molecule has 30 heavy (non-hydrogen) atoms. The van der Waals surface area contributed by atoms with Gasteiger partial charge in [-0.1, -0.05) is 18.5 Å². The fraction of sp³-hybridized carbons (Fsp3) is 0.316. The number of nitrogens with one attached hydrogen (secondary N) is 1. The van der Waals surface area contributed by atoms with Crippen LogP contribution in [-0.4, -0.2) is 37.8 Å². The molecule has 2 aromatic carbocycles. The van der Waals surface area contributed by atoms with Gasteiger partial charge in [0.2, 0.25) is 15.4 Å². The Kier molecular flexibility index (Phi) is 7.05. The Morgan fingerprint density at radius 3 is 2.20 bits per heavy atom. The summed E-state index contributed by atoms with van der Waals surface area (Å²) in [6.07, 6.45) is -4.42. The summed E-state index contributed by atoms with van der Waals surface area (Å²) in [6.45, 7) is 2.71. The number of rotatable bonds is 7. The van der Waals surface area contributed by atoms with Gasteiger partial charge in [0.05, 0.1) is 27.1 Å². The molecular weight excluding hydrogens is 447 g/mol. The van der Waals surface area contributed by atoms with Crippen molar-refractivity contribution in [2.24, 2.45) is 0 Å². The normalized spacial score (nSPS) is 14.1. The highest BCUT2D eigenvalue weighted by Crippen LogP contribution is 2.33. The molecule has 0 spiro atoms. The van der Waals surface area contributed by atoms with Crippen LogP contribution in [0.4, 0.5) is 18.9 Å². The van der Waals surface area contributed by atoms with Crippen molar-refractivity contribution in [2.45, 2.75) is 41.8 Å². The highest BCUT2D eigenvalue weighted by Gasteiger charge is 2.55. The fourth-order valence-corrected chi connectivity index (χ4v) is 3.79. The first kappa shape index (κ1) is 24.0. The molecule has 0 fully saturated rings. The van der Waals surface area contributed by atoms with E-state index in [0.717, 1.165) is 24.6 Å². The van der Waals surface area contributed by atoms with Gasteiger partial charge in [0.15, 0.2) is 0 Å². The molecule has 0 heterocycles. The molecule has 1 atom stereocenters. The van der Waals surface area contributed by atoms with E-state index in [1.54, 1.807) is 0 Å². The first-order valence-electron chi connectivity index (χ1n) is 8.68. The van der Waals surface area contributed by atoms with E-state index in [0.29, 0.717) is 19.3 Å². The Bertz CT molecular complexity index is 1020. The van der Waals surface area contributed by atoms with Crippen LogP contribution < -0.4 is 10.1 Å². The van der Waals surface area contributed by atoms with E-state index in [1.807, 2.05) is 12.2 Å². The number of sulfone groups is 1. The van der Waals surface area contributed by atoms with Crippen LogP contribution in [-0.2, 0) is 14.6 Å². The highest BCUT2D eigenvalue weighted by molar-refractivity contribution is 7.91. The number of alkyl halides is 3. The second-order valence-corrected chi connectivity index (χ2v) is 8.85. The van der Waals surface area contributed by atoms with Gasteiger partial charge < -0.3 is 15.2 Å². The van der Waals surface area contributed by atoms with Gasteiger partial charge in [-0.05, 0) is 55.8 Å². The van der Waals surface area contributed by atoms with Crippen LogP contribution in [0.3, 0.4) is 0 Å². The molecule has 0 radical (unpaired) electrons. The number of ether oxygens (including phenoxy) is 1.